The number of benzene rings is 1. The van der Waals surface area contributed by atoms with E-state index in [0.29, 0.717) is 6.61 Å². The SMILES string of the molecule is CCCOc1cccc2c(Cl)c(CC)c(C)nc12. The third-order valence-corrected chi connectivity index (χ3v) is 3.46. The first-order valence-corrected chi connectivity index (χ1v) is 6.77. The molecule has 0 fully saturated rings. The summed E-state index contributed by atoms with van der Waals surface area (Å²) < 4.78 is 5.73. The van der Waals surface area contributed by atoms with E-state index in [1.165, 1.54) is 0 Å². The fraction of sp³-hybridized carbons (Fsp3) is 0.400. The van der Waals surface area contributed by atoms with Crippen molar-refractivity contribution in [1.29, 1.82) is 0 Å². The van der Waals surface area contributed by atoms with Gasteiger partial charge in [0, 0.05) is 11.1 Å². The first kappa shape index (κ1) is 13.2. The first-order chi connectivity index (χ1) is 8.69. The fourth-order valence-electron chi connectivity index (χ4n) is 2.11. The minimum absolute atomic E-state index is 0.701. The molecule has 0 spiro atoms. The first-order valence-electron chi connectivity index (χ1n) is 6.39. The number of pyridine rings is 1. The molecule has 1 aromatic heterocycles. The highest BCUT2D eigenvalue weighted by Crippen LogP contribution is 2.33. The van der Waals surface area contributed by atoms with Gasteiger partial charge in [0.15, 0.2) is 0 Å². The van der Waals surface area contributed by atoms with Crippen molar-refractivity contribution in [3.8, 4) is 5.75 Å². The van der Waals surface area contributed by atoms with E-state index in [1.807, 2.05) is 25.1 Å². The number of rotatable bonds is 4. The molecule has 0 atom stereocenters. The maximum Gasteiger partial charge on any atom is 0.145 e. The van der Waals surface area contributed by atoms with Crippen LogP contribution in [0.25, 0.3) is 10.9 Å². The molecule has 1 aromatic carbocycles. The molecule has 0 unspecified atom stereocenters. The van der Waals surface area contributed by atoms with Gasteiger partial charge in [-0.25, -0.2) is 4.98 Å². The molecule has 0 aliphatic rings. The van der Waals surface area contributed by atoms with Gasteiger partial charge in [0.2, 0.25) is 0 Å². The smallest absolute Gasteiger partial charge is 0.145 e. The number of hydrogen-bond donors (Lipinski definition) is 0. The van der Waals surface area contributed by atoms with Gasteiger partial charge in [0.1, 0.15) is 11.3 Å². The largest absolute Gasteiger partial charge is 0.491 e. The maximum atomic E-state index is 6.46. The van der Waals surface area contributed by atoms with E-state index < -0.39 is 0 Å². The molecule has 1 heterocycles. The highest BCUT2D eigenvalue weighted by molar-refractivity contribution is 6.36. The summed E-state index contributed by atoms with van der Waals surface area (Å²) in [5.41, 5.74) is 2.98. The van der Waals surface area contributed by atoms with Crippen LogP contribution in [-0.2, 0) is 6.42 Å². The van der Waals surface area contributed by atoms with Crippen LogP contribution in [0.5, 0.6) is 5.75 Å². The number of halogens is 1. The van der Waals surface area contributed by atoms with Crippen molar-refractivity contribution >= 4 is 22.5 Å². The summed E-state index contributed by atoms with van der Waals surface area (Å²) in [7, 11) is 0. The lowest BCUT2D eigenvalue weighted by Gasteiger charge is -2.12. The van der Waals surface area contributed by atoms with Gasteiger partial charge in [-0.1, -0.05) is 37.6 Å². The molecular weight excluding hydrogens is 246 g/mol. The number of aryl methyl sites for hydroxylation is 1. The highest BCUT2D eigenvalue weighted by atomic mass is 35.5. The quantitative estimate of drug-likeness (QED) is 0.807. The van der Waals surface area contributed by atoms with Crippen LogP contribution in [0.4, 0.5) is 0 Å². The molecule has 3 heteroatoms. The van der Waals surface area contributed by atoms with Gasteiger partial charge < -0.3 is 4.74 Å². The van der Waals surface area contributed by atoms with E-state index in [-0.39, 0.29) is 0 Å². The predicted molar refractivity (Wildman–Crippen MR) is 76.7 cm³/mol. The molecule has 96 valence electrons. The van der Waals surface area contributed by atoms with Crippen LogP contribution >= 0.6 is 11.6 Å². The molecule has 18 heavy (non-hydrogen) atoms. The molecule has 0 amide bonds. The Morgan fingerprint density at radius 3 is 2.72 bits per heavy atom. The Morgan fingerprint density at radius 2 is 2.06 bits per heavy atom. The minimum Gasteiger partial charge on any atom is -0.491 e. The summed E-state index contributed by atoms with van der Waals surface area (Å²) in [6, 6.07) is 5.92. The summed E-state index contributed by atoms with van der Waals surface area (Å²) in [6.45, 7) is 6.89. The van der Waals surface area contributed by atoms with Crippen LogP contribution in [0.2, 0.25) is 5.02 Å². The number of aromatic nitrogens is 1. The molecule has 2 nitrogen and oxygen atoms in total. The lowest BCUT2D eigenvalue weighted by atomic mass is 10.1. The Balaban J connectivity index is 2.63. The number of hydrogen-bond acceptors (Lipinski definition) is 2. The average molecular weight is 264 g/mol. The molecular formula is C15H18ClNO. The van der Waals surface area contributed by atoms with Crippen molar-refractivity contribution in [2.45, 2.75) is 33.6 Å². The van der Waals surface area contributed by atoms with Gasteiger partial charge in [-0.05, 0) is 31.4 Å². The van der Waals surface area contributed by atoms with Gasteiger partial charge in [-0.15, -0.1) is 0 Å². The number of fused-ring (bicyclic) bond motifs is 1. The van der Waals surface area contributed by atoms with Crippen molar-refractivity contribution in [2.75, 3.05) is 6.61 Å². The van der Waals surface area contributed by atoms with Gasteiger partial charge in [-0.3, -0.25) is 0 Å². The topological polar surface area (TPSA) is 22.1 Å². The second kappa shape index (κ2) is 5.57. The Bertz CT molecular complexity index is 566. The molecule has 0 aliphatic carbocycles. The van der Waals surface area contributed by atoms with E-state index in [9.17, 15) is 0 Å². The molecule has 0 saturated heterocycles. The third kappa shape index (κ3) is 2.30. The number of nitrogens with zero attached hydrogens (tertiary/aromatic N) is 1. The van der Waals surface area contributed by atoms with Gasteiger partial charge in [0.05, 0.1) is 11.6 Å². The standard InChI is InChI=1S/C15H18ClNO/c1-4-9-18-13-8-6-7-12-14(16)11(5-2)10(3)17-15(12)13/h6-8H,4-5,9H2,1-3H3. The zero-order valence-corrected chi connectivity index (χ0v) is 11.8. The highest BCUT2D eigenvalue weighted by Gasteiger charge is 2.12. The molecule has 0 bridgehead atoms. The predicted octanol–water partition coefficient (Wildman–Crippen LogP) is 4.55. The maximum absolute atomic E-state index is 6.46. The summed E-state index contributed by atoms with van der Waals surface area (Å²) in [5.74, 6) is 0.821. The van der Waals surface area contributed by atoms with Crippen molar-refractivity contribution in [1.82, 2.24) is 4.98 Å². The Labute approximate surface area is 113 Å². The Morgan fingerprint density at radius 1 is 1.28 bits per heavy atom. The van der Waals surface area contributed by atoms with Crippen molar-refractivity contribution in [2.24, 2.45) is 0 Å². The van der Waals surface area contributed by atoms with Crippen LogP contribution in [0.1, 0.15) is 31.5 Å². The van der Waals surface area contributed by atoms with Crippen LogP contribution in [-0.4, -0.2) is 11.6 Å². The van der Waals surface area contributed by atoms with Crippen LogP contribution in [0, 0.1) is 6.92 Å². The summed E-state index contributed by atoms with van der Waals surface area (Å²) in [5, 5.41) is 1.79. The van der Waals surface area contributed by atoms with E-state index in [1.54, 1.807) is 0 Å². The van der Waals surface area contributed by atoms with E-state index in [0.717, 1.165) is 45.8 Å². The monoisotopic (exact) mass is 263 g/mol. The van der Waals surface area contributed by atoms with E-state index >= 15 is 0 Å². The molecule has 2 rings (SSSR count). The zero-order chi connectivity index (χ0) is 13.1. The zero-order valence-electron chi connectivity index (χ0n) is 11.1. The summed E-state index contributed by atoms with van der Waals surface area (Å²) >= 11 is 6.46. The van der Waals surface area contributed by atoms with Crippen molar-refractivity contribution in [3.05, 3.63) is 34.5 Å². The van der Waals surface area contributed by atoms with Gasteiger partial charge >= 0.3 is 0 Å². The molecule has 0 N–H and O–H groups in total. The van der Waals surface area contributed by atoms with Crippen molar-refractivity contribution < 1.29 is 4.74 Å². The second-order valence-corrected chi connectivity index (χ2v) is 4.72. The summed E-state index contributed by atoms with van der Waals surface area (Å²) in [6.07, 6.45) is 1.88. The fourth-order valence-corrected chi connectivity index (χ4v) is 2.53. The Kier molecular flexibility index (Phi) is 4.07. The number of ether oxygens (including phenoxy) is 1. The van der Waals surface area contributed by atoms with Gasteiger partial charge in [0.25, 0.3) is 0 Å². The van der Waals surface area contributed by atoms with Gasteiger partial charge in [-0.2, -0.15) is 0 Å². The molecule has 0 radical (unpaired) electrons. The van der Waals surface area contributed by atoms with E-state index in [2.05, 4.69) is 18.8 Å². The average Bonchev–Trinajstić information content (AvgIpc) is 2.37. The molecule has 0 aliphatic heterocycles. The Hall–Kier alpha value is -1.28. The van der Waals surface area contributed by atoms with Crippen molar-refractivity contribution in [3.63, 3.8) is 0 Å². The van der Waals surface area contributed by atoms with Crippen LogP contribution in [0.15, 0.2) is 18.2 Å². The second-order valence-electron chi connectivity index (χ2n) is 4.34. The van der Waals surface area contributed by atoms with Crippen LogP contribution < -0.4 is 4.74 Å². The lowest BCUT2D eigenvalue weighted by Crippen LogP contribution is -1.99. The summed E-state index contributed by atoms with van der Waals surface area (Å²) in [4.78, 5) is 4.65. The van der Waals surface area contributed by atoms with Crippen LogP contribution in [0.3, 0.4) is 0 Å². The minimum atomic E-state index is 0.701. The third-order valence-electron chi connectivity index (χ3n) is 3.03. The van der Waals surface area contributed by atoms with E-state index in [4.69, 9.17) is 16.3 Å². The lowest BCUT2D eigenvalue weighted by molar-refractivity contribution is 0.320. The molecule has 2 aromatic rings. The molecule has 0 saturated carbocycles. The number of para-hydroxylation sites is 1. The normalized spacial score (nSPS) is 10.9.